The van der Waals surface area contributed by atoms with Crippen molar-refractivity contribution in [2.75, 3.05) is 43.4 Å². The lowest BCUT2D eigenvalue weighted by atomic mass is 10.1. The van der Waals surface area contributed by atoms with Crippen molar-refractivity contribution in [3.63, 3.8) is 0 Å². The predicted molar refractivity (Wildman–Crippen MR) is 129 cm³/mol. The topological polar surface area (TPSA) is 49.2 Å². The Bertz CT molecular complexity index is 1240. The minimum atomic E-state index is -4.48. The summed E-state index contributed by atoms with van der Waals surface area (Å²) in [5.74, 6) is 0. The standard InChI is InChI=1S/C24H23F3N6S/c1-31-10-12-32(13-11-31)19-6-7-21(20(14-19)24(25,26)27)29-23-30-22(15-34-23)17-2-4-18(5-3-17)33-9-8-28-16-33/h2-9,14-16H,10-13H2,1H3,(H,29,30). The first kappa shape index (κ1) is 22.4. The third-order valence-electron chi connectivity index (χ3n) is 5.89. The molecule has 0 radical (unpaired) electrons. The van der Waals surface area contributed by atoms with Gasteiger partial charge in [-0.25, -0.2) is 9.97 Å². The number of thiazole rings is 1. The summed E-state index contributed by atoms with van der Waals surface area (Å²) in [6, 6.07) is 12.2. The van der Waals surface area contributed by atoms with Gasteiger partial charge in [0, 0.05) is 60.9 Å². The smallest absolute Gasteiger partial charge is 0.369 e. The largest absolute Gasteiger partial charge is 0.418 e. The van der Waals surface area contributed by atoms with Crippen LogP contribution in [-0.2, 0) is 6.18 Å². The number of aromatic nitrogens is 3. The molecule has 1 aliphatic rings. The molecule has 0 atom stereocenters. The molecule has 0 spiro atoms. The van der Waals surface area contributed by atoms with Gasteiger partial charge in [-0.15, -0.1) is 11.3 Å². The molecule has 2 aromatic heterocycles. The van der Waals surface area contributed by atoms with Gasteiger partial charge in [0.1, 0.15) is 0 Å². The number of piperazine rings is 1. The van der Waals surface area contributed by atoms with Crippen molar-refractivity contribution in [1.82, 2.24) is 19.4 Å². The Kier molecular flexibility index (Phi) is 6.01. The van der Waals surface area contributed by atoms with E-state index < -0.39 is 11.7 Å². The van der Waals surface area contributed by atoms with E-state index in [2.05, 4.69) is 20.2 Å². The molecular weight excluding hydrogens is 461 g/mol. The first-order chi connectivity index (χ1) is 16.4. The van der Waals surface area contributed by atoms with Gasteiger partial charge in [-0.3, -0.25) is 0 Å². The van der Waals surface area contributed by atoms with Crippen LogP contribution in [0.15, 0.2) is 66.6 Å². The Balaban J connectivity index is 1.36. The van der Waals surface area contributed by atoms with E-state index in [0.717, 1.165) is 24.3 Å². The molecule has 176 valence electrons. The SMILES string of the molecule is CN1CCN(c2ccc(Nc3nc(-c4ccc(-n5ccnc5)cc4)cs3)c(C(F)(F)F)c2)CC1. The first-order valence-electron chi connectivity index (χ1n) is 10.8. The summed E-state index contributed by atoms with van der Waals surface area (Å²) >= 11 is 1.27. The maximum absolute atomic E-state index is 13.9. The average molecular weight is 485 g/mol. The Morgan fingerprint density at radius 2 is 1.71 bits per heavy atom. The lowest BCUT2D eigenvalue weighted by Crippen LogP contribution is -2.44. The number of anilines is 3. The van der Waals surface area contributed by atoms with E-state index in [1.54, 1.807) is 18.6 Å². The monoisotopic (exact) mass is 484 g/mol. The number of halogens is 3. The molecule has 4 aromatic rings. The van der Waals surface area contributed by atoms with Gasteiger partial charge in [-0.1, -0.05) is 12.1 Å². The molecule has 0 unspecified atom stereocenters. The first-order valence-corrected chi connectivity index (χ1v) is 11.7. The molecule has 10 heteroatoms. The fourth-order valence-electron chi connectivity index (χ4n) is 3.93. The van der Waals surface area contributed by atoms with Crippen LogP contribution in [0.3, 0.4) is 0 Å². The summed E-state index contributed by atoms with van der Waals surface area (Å²) < 4.78 is 43.6. The highest BCUT2D eigenvalue weighted by Crippen LogP contribution is 2.39. The molecular formula is C24H23F3N6S. The summed E-state index contributed by atoms with van der Waals surface area (Å²) in [6.45, 7) is 3.06. The van der Waals surface area contributed by atoms with Crippen LogP contribution in [0.4, 0.5) is 29.7 Å². The van der Waals surface area contributed by atoms with Crippen LogP contribution < -0.4 is 10.2 Å². The highest BCUT2D eigenvalue weighted by atomic mass is 32.1. The number of benzene rings is 2. The molecule has 1 fully saturated rings. The molecule has 0 amide bonds. The van der Waals surface area contributed by atoms with Crippen molar-refractivity contribution in [2.45, 2.75) is 6.18 Å². The van der Waals surface area contributed by atoms with Crippen molar-refractivity contribution in [1.29, 1.82) is 0 Å². The normalized spacial score (nSPS) is 15.0. The third-order valence-corrected chi connectivity index (χ3v) is 6.65. The van der Waals surface area contributed by atoms with E-state index in [1.165, 1.54) is 23.5 Å². The Morgan fingerprint density at radius 3 is 2.38 bits per heavy atom. The van der Waals surface area contributed by atoms with Gasteiger partial charge in [0.15, 0.2) is 5.13 Å². The molecule has 6 nitrogen and oxygen atoms in total. The molecule has 34 heavy (non-hydrogen) atoms. The minimum Gasteiger partial charge on any atom is -0.369 e. The second-order valence-corrected chi connectivity index (χ2v) is 9.06. The number of hydrogen-bond donors (Lipinski definition) is 1. The van der Waals surface area contributed by atoms with Gasteiger partial charge < -0.3 is 19.7 Å². The summed E-state index contributed by atoms with van der Waals surface area (Å²) in [7, 11) is 2.02. The Hall–Kier alpha value is -3.37. The van der Waals surface area contributed by atoms with Gasteiger partial charge in [0.2, 0.25) is 0 Å². The highest BCUT2D eigenvalue weighted by molar-refractivity contribution is 7.14. The van der Waals surface area contributed by atoms with Crippen LogP contribution in [0.2, 0.25) is 0 Å². The van der Waals surface area contributed by atoms with Crippen molar-refractivity contribution in [2.24, 2.45) is 0 Å². The third kappa shape index (κ3) is 4.78. The molecule has 1 N–H and O–H groups in total. The summed E-state index contributed by atoms with van der Waals surface area (Å²) in [4.78, 5) is 12.7. The van der Waals surface area contributed by atoms with Crippen LogP contribution in [-0.4, -0.2) is 52.7 Å². The minimum absolute atomic E-state index is 0.00160. The van der Waals surface area contributed by atoms with E-state index in [0.29, 0.717) is 29.6 Å². The number of nitrogens with one attached hydrogen (secondary N) is 1. The molecule has 0 bridgehead atoms. The van der Waals surface area contributed by atoms with Gasteiger partial charge in [-0.2, -0.15) is 13.2 Å². The molecule has 1 aliphatic heterocycles. The Morgan fingerprint density at radius 1 is 0.971 bits per heavy atom. The summed E-state index contributed by atoms with van der Waals surface area (Å²) in [6.07, 6.45) is 0.799. The number of alkyl halides is 3. The molecule has 2 aromatic carbocycles. The summed E-state index contributed by atoms with van der Waals surface area (Å²) in [5.41, 5.74) is 2.45. The maximum atomic E-state index is 13.9. The second kappa shape index (κ2) is 9.11. The maximum Gasteiger partial charge on any atom is 0.418 e. The van der Waals surface area contributed by atoms with Crippen LogP contribution in [0.25, 0.3) is 16.9 Å². The number of hydrogen-bond acceptors (Lipinski definition) is 6. The number of rotatable bonds is 5. The van der Waals surface area contributed by atoms with Gasteiger partial charge in [-0.05, 0) is 37.4 Å². The lowest BCUT2D eigenvalue weighted by Gasteiger charge is -2.34. The molecule has 0 aliphatic carbocycles. The fourth-order valence-corrected chi connectivity index (χ4v) is 4.66. The number of nitrogens with zero attached hydrogens (tertiary/aromatic N) is 5. The molecule has 1 saturated heterocycles. The van der Waals surface area contributed by atoms with E-state index in [4.69, 9.17) is 0 Å². The second-order valence-electron chi connectivity index (χ2n) is 8.20. The van der Waals surface area contributed by atoms with Crippen LogP contribution in [0.1, 0.15) is 5.56 Å². The van der Waals surface area contributed by atoms with E-state index in [1.807, 2.05) is 52.4 Å². The Labute approximate surface area is 199 Å². The highest BCUT2D eigenvalue weighted by Gasteiger charge is 2.34. The van der Waals surface area contributed by atoms with Crippen molar-refractivity contribution >= 4 is 27.8 Å². The van der Waals surface area contributed by atoms with Crippen molar-refractivity contribution in [3.05, 3.63) is 72.1 Å². The number of likely N-dealkylation sites (N-methyl/N-ethyl adjacent to an activating group) is 1. The van der Waals surface area contributed by atoms with Crippen LogP contribution in [0.5, 0.6) is 0 Å². The van der Waals surface area contributed by atoms with Crippen molar-refractivity contribution in [3.8, 4) is 16.9 Å². The zero-order valence-corrected chi connectivity index (χ0v) is 19.3. The predicted octanol–water partition coefficient (Wildman–Crippen LogP) is 5.51. The van der Waals surface area contributed by atoms with E-state index >= 15 is 0 Å². The summed E-state index contributed by atoms with van der Waals surface area (Å²) in [5, 5.41) is 5.13. The average Bonchev–Trinajstić information content (AvgIpc) is 3.52. The fraction of sp³-hybridized carbons (Fsp3) is 0.250. The molecule has 5 rings (SSSR count). The van der Waals surface area contributed by atoms with E-state index in [9.17, 15) is 13.2 Å². The molecule has 0 saturated carbocycles. The lowest BCUT2D eigenvalue weighted by molar-refractivity contribution is -0.136. The number of imidazole rings is 1. The molecule has 3 heterocycles. The van der Waals surface area contributed by atoms with Crippen LogP contribution in [0, 0.1) is 0 Å². The van der Waals surface area contributed by atoms with Crippen LogP contribution >= 0.6 is 11.3 Å². The zero-order chi connectivity index (χ0) is 23.7. The van der Waals surface area contributed by atoms with Gasteiger partial charge in [0.25, 0.3) is 0 Å². The quantitative estimate of drug-likeness (QED) is 0.405. The van der Waals surface area contributed by atoms with Crippen molar-refractivity contribution < 1.29 is 13.2 Å². The van der Waals surface area contributed by atoms with Gasteiger partial charge >= 0.3 is 6.18 Å². The van der Waals surface area contributed by atoms with Gasteiger partial charge in [0.05, 0.1) is 23.3 Å². The van der Waals surface area contributed by atoms with E-state index in [-0.39, 0.29) is 5.69 Å². The zero-order valence-electron chi connectivity index (χ0n) is 18.5.